The molecule has 2 atom stereocenters. The average molecular weight is 412 g/mol. The van der Waals surface area contributed by atoms with Gasteiger partial charge in [-0.1, -0.05) is 35.9 Å². The van der Waals surface area contributed by atoms with Crippen molar-refractivity contribution >= 4 is 21.6 Å². The van der Waals surface area contributed by atoms with E-state index in [1.807, 2.05) is 18.2 Å². The summed E-state index contributed by atoms with van der Waals surface area (Å²) in [6.45, 7) is 0. The second-order valence-corrected chi connectivity index (χ2v) is 9.53. The molecule has 5 nitrogen and oxygen atoms in total. The van der Waals surface area contributed by atoms with Gasteiger partial charge in [-0.15, -0.1) is 0 Å². The highest BCUT2D eigenvalue weighted by atomic mass is 35.5. The zero-order chi connectivity index (χ0) is 19.3. The summed E-state index contributed by atoms with van der Waals surface area (Å²) in [6, 6.07) is 14.3. The van der Waals surface area contributed by atoms with Gasteiger partial charge in [0.2, 0.25) is 10.0 Å². The first-order chi connectivity index (χ1) is 13.5. The molecule has 2 unspecified atom stereocenters. The van der Waals surface area contributed by atoms with Crippen LogP contribution in [0.15, 0.2) is 66.0 Å². The molecule has 7 heteroatoms. The molecule has 2 aromatic carbocycles. The molecule has 0 aliphatic carbocycles. The van der Waals surface area contributed by atoms with Crippen LogP contribution in [0.3, 0.4) is 0 Å². The van der Waals surface area contributed by atoms with Crippen LogP contribution >= 0.6 is 11.6 Å². The standard InChI is InChI=1S/C21H18ClN3O2S/c22-16-6-4-14(5-7-16)15-2-1-3-18(10-15)28(26,27)25-17-8-9-21(25)19-12-23-13-24-20(19)11-17/h1-7,10,12-13,17,21H,8-9,11H2. The number of rotatable bonds is 3. The maximum absolute atomic E-state index is 13.6. The normalized spacial score (nSPS) is 21.5. The SMILES string of the molecule is O=S(=O)(c1cccc(-c2ccc(Cl)cc2)c1)N1C2CCC1c1cncnc1C2. The Morgan fingerprint density at radius 3 is 2.68 bits per heavy atom. The first kappa shape index (κ1) is 17.8. The topological polar surface area (TPSA) is 63.2 Å². The summed E-state index contributed by atoms with van der Waals surface area (Å²) in [5.74, 6) is 0. The Labute approximate surface area is 169 Å². The minimum atomic E-state index is -3.63. The van der Waals surface area contributed by atoms with Crippen LogP contribution in [0, 0.1) is 0 Å². The molecule has 2 bridgehead atoms. The lowest BCUT2D eigenvalue weighted by Crippen LogP contribution is -2.42. The lowest BCUT2D eigenvalue weighted by molar-refractivity contribution is 0.300. The van der Waals surface area contributed by atoms with Gasteiger partial charge in [0.05, 0.1) is 16.6 Å². The molecule has 142 valence electrons. The largest absolute Gasteiger partial charge is 0.244 e. The number of sulfonamides is 1. The fraction of sp³-hybridized carbons (Fsp3) is 0.238. The minimum Gasteiger partial charge on any atom is -0.244 e. The van der Waals surface area contributed by atoms with E-state index in [2.05, 4.69) is 9.97 Å². The molecule has 2 aliphatic rings. The van der Waals surface area contributed by atoms with Gasteiger partial charge in [0.25, 0.3) is 0 Å². The average Bonchev–Trinajstić information content (AvgIpc) is 3.05. The van der Waals surface area contributed by atoms with Gasteiger partial charge in [-0.3, -0.25) is 0 Å². The van der Waals surface area contributed by atoms with Crippen molar-refractivity contribution in [3.05, 3.63) is 77.3 Å². The maximum Gasteiger partial charge on any atom is 0.243 e. The van der Waals surface area contributed by atoms with Crippen molar-refractivity contribution in [1.82, 2.24) is 14.3 Å². The lowest BCUT2D eigenvalue weighted by atomic mass is 10.0. The zero-order valence-electron chi connectivity index (χ0n) is 15.0. The van der Waals surface area contributed by atoms with E-state index in [9.17, 15) is 8.42 Å². The van der Waals surface area contributed by atoms with Crippen LogP contribution in [0.25, 0.3) is 11.1 Å². The van der Waals surface area contributed by atoms with E-state index in [0.717, 1.165) is 35.2 Å². The predicted molar refractivity (Wildman–Crippen MR) is 107 cm³/mol. The number of fused-ring (bicyclic) bond motifs is 4. The third-order valence-corrected chi connectivity index (χ3v) is 7.85. The van der Waals surface area contributed by atoms with Crippen molar-refractivity contribution < 1.29 is 8.42 Å². The molecule has 1 saturated heterocycles. The number of aromatic nitrogens is 2. The van der Waals surface area contributed by atoms with Gasteiger partial charge in [0.15, 0.2) is 0 Å². The van der Waals surface area contributed by atoms with Crippen LogP contribution in [0.2, 0.25) is 5.02 Å². The van der Waals surface area contributed by atoms with Crippen LogP contribution < -0.4 is 0 Å². The number of nitrogens with zero attached hydrogens (tertiary/aromatic N) is 3. The molecular weight excluding hydrogens is 394 g/mol. The third-order valence-electron chi connectivity index (χ3n) is 5.64. The summed E-state index contributed by atoms with van der Waals surface area (Å²) >= 11 is 5.97. The van der Waals surface area contributed by atoms with Crippen LogP contribution in [0.4, 0.5) is 0 Å². The van der Waals surface area contributed by atoms with E-state index < -0.39 is 10.0 Å². The summed E-state index contributed by atoms with van der Waals surface area (Å²) in [5.41, 5.74) is 3.70. The first-order valence-electron chi connectivity index (χ1n) is 9.22. The molecule has 0 radical (unpaired) electrons. The molecule has 0 N–H and O–H groups in total. The van der Waals surface area contributed by atoms with Gasteiger partial charge >= 0.3 is 0 Å². The Morgan fingerprint density at radius 2 is 1.86 bits per heavy atom. The predicted octanol–water partition coefficient (Wildman–Crippen LogP) is 4.25. The molecular formula is C21H18ClN3O2S. The highest BCUT2D eigenvalue weighted by Crippen LogP contribution is 2.46. The van der Waals surface area contributed by atoms with E-state index in [4.69, 9.17) is 11.6 Å². The summed E-state index contributed by atoms with van der Waals surface area (Å²) in [7, 11) is -3.63. The van der Waals surface area contributed by atoms with Crippen molar-refractivity contribution in [2.75, 3.05) is 0 Å². The molecule has 0 saturated carbocycles. The monoisotopic (exact) mass is 411 g/mol. The molecule has 3 aromatic rings. The molecule has 28 heavy (non-hydrogen) atoms. The number of hydrogen-bond donors (Lipinski definition) is 0. The smallest absolute Gasteiger partial charge is 0.243 e. The van der Waals surface area contributed by atoms with Crippen LogP contribution in [-0.2, 0) is 16.4 Å². The van der Waals surface area contributed by atoms with Crippen LogP contribution in [-0.4, -0.2) is 28.7 Å². The highest BCUT2D eigenvalue weighted by Gasteiger charge is 2.47. The molecule has 5 rings (SSSR count). The van der Waals surface area contributed by atoms with Gasteiger partial charge in [-0.2, -0.15) is 4.31 Å². The third kappa shape index (κ3) is 2.83. The Balaban J connectivity index is 1.55. The molecule has 0 amide bonds. The first-order valence-corrected chi connectivity index (χ1v) is 11.0. The van der Waals surface area contributed by atoms with Crippen molar-refractivity contribution in [3.8, 4) is 11.1 Å². The molecule has 1 aromatic heterocycles. The fourth-order valence-corrected chi connectivity index (χ4v) is 6.37. The van der Waals surface area contributed by atoms with Gasteiger partial charge in [-0.25, -0.2) is 18.4 Å². The van der Waals surface area contributed by atoms with Crippen molar-refractivity contribution in [2.24, 2.45) is 0 Å². The Hall–Kier alpha value is -2.28. The van der Waals surface area contributed by atoms with Crippen molar-refractivity contribution in [1.29, 1.82) is 0 Å². The van der Waals surface area contributed by atoms with Gasteiger partial charge < -0.3 is 0 Å². The van der Waals surface area contributed by atoms with Gasteiger partial charge in [0.1, 0.15) is 6.33 Å². The Kier molecular flexibility index (Phi) is 4.23. The Bertz CT molecular complexity index is 1150. The van der Waals surface area contributed by atoms with E-state index in [0.29, 0.717) is 16.3 Å². The second kappa shape index (κ2) is 6.65. The summed E-state index contributed by atoms with van der Waals surface area (Å²) in [4.78, 5) is 8.81. The molecule has 3 heterocycles. The summed E-state index contributed by atoms with van der Waals surface area (Å²) in [5, 5.41) is 0.651. The summed E-state index contributed by atoms with van der Waals surface area (Å²) < 4.78 is 28.8. The molecule has 2 aliphatic heterocycles. The number of halogens is 1. The maximum atomic E-state index is 13.6. The number of hydrogen-bond acceptors (Lipinski definition) is 4. The minimum absolute atomic E-state index is 0.0448. The van der Waals surface area contributed by atoms with E-state index >= 15 is 0 Å². The van der Waals surface area contributed by atoms with E-state index in [1.54, 1.807) is 40.8 Å². The van der Waals surface area contributed by atoms with Crippen LogP contribution in [0.5, 0.6) is 0 Å². The van der Waals surface area contributed by atoms with Crippen molar-refractivity contribution in [2.45, 2.75) is 36.2 Å². The Morgan fingerprint density at radius 1 is 1.04 bits per heavy atom. The zero-order valence-corrected chi connectivity index (χ0v) is 16.6. The molecule has 0 spiro atoms. The van der Waals surface area contributed by atoms with Gasteiger partial charge in [-0.05, 0) is 48.2 Å². The highest BCUT2D eigenvalue weighted by molar-refractivity contribution is 7.89. The second-order valence-electron chi connectivity index (χ2n) is 7.25. The van der Waals surface area contributed by atoms with E-state index in [1.165, 1.54) is 6.33 Å². The van der Waals surface area contributed by atoms with Crippen molar-refractivity contribution in [3.63, 3.8) is 0 Å². The van der Waals surface area contributed by atoms with E-state index in [-0.39, 0.29) is 12.1 Å². The number of benzene rings is 2. The van der Waals surface area contributed by atoms with Gasteiger partial charge in [0, 0.05) is 29.2 Å². The summed E-state index contributed by atoms with van der Waals surface area (Å²) in [6.07, 6.45) is 5.60. The molecule has 1 fully saturated rings. The lowest BCUT2D eigenvalue weighted by Gasteiger charge is -2.34. The quantitative estimate of drug-likeness (QED) is 0.646. The van der Waals surface area contributed by atoms with Crippen LogP contribution in [0.1, 0.15) is 30.1 Å². The fourth-order valence-electron chi connectivity index (χ4n) is 4.35.